The highest BCUT2D eigenvalue weighted by molar-refractivity contribution is 7.49. The predicted octanol–water partition coefficient (Wildman–Crippen LogP) is 1.54. The van der Waals surface area contributed by atoms with Gasteiger partial charge in [0.05, 0.1) is 0 Å². The summed E-state index contributed by atoms with van der Waals surface area (Å²) in [5, 5.41) is 2.14. The molecule has 1 rings (SSSR count). The molecule has 0 radical (unpaired) electrons. The standard InChI is InChI=1S/C10H16ClN2O3P/c1-13(7-6-11)10-4-2-9(3-5-10)8-12-17(14,15)16/h2-5H,6-8H2,1H3,(H3,12,14,15,16). The van der Waals surface area contributed by atoms with Gasteiger partial charge in [-0.2, -0.15) is 0 Å². The van der Waals surface area contributed by atoms with Crippen LogP contribution in [0.4, 0.5) is 5.69 Å². The van der Waals surface area contributed by atoms with Crippen molar-refractivity contribution in [3.8, 4) is 0 Å². The lowest BCUT2D eigenvalue weighted by atomic mass is 10.2. The molecule has 0 aliphatic heterocycles. The lowest BCUT2D eigenvalue weighted by Crippen LogP contribution is -2.19. The Morgan fingerprint density at radius 2 is 1.94 bits per heavy atom. The molecule has 7 heteroatoms. The number of benzene rings is 1. The van der Waals surface area contributed by atoms with Gasteiger partial charge in [0.25, 0.3) is 0 Å². The van der Waals surface area contributed by atoms with E-state index in [4.69, 9.17) is 21.4 Å². The van der Waals surface area contributed by atoms with E-state index in [0.29, 0.717) is 5.88 Å². The lowest BCUT2D eigenvalue weighted by Gasteiger charge is -2.18. The number of halogens is 1. The average Bonchev–Trinajstić information content (AvgIpc) is 2.26. The largest absolute Gasteiger partial charge is 0.400 e. The van der Waals surface area contributed by atoms with Gasteiger partial charge in [-0.25, -0.2) is 9.65 Å². The molecule has 0 spiro atoms. The Balaban J connectivity index is 2.59. The summed E-state index contributed by atoms with van der Waals surface area (Å²) in [6.07, 6.45) is 0. The first kappa shape index (κ1) is 14.5. The fourth-order valence-corrected chi connectivity index (χ4v) is 1.96. The fourth-order valence-electron chi connectivity index (χ4n) is 1.32. The van der Waals surface area contributed by atoms with Crippen LogP contribution in [0.3, 0.4) is 0 Å². The zero-order valence-corrected chi connectivity index (χ0v) is 11.2. The predicted molar refractivity (Wildman–Crippen MR) is 69.3 cm³/mol. The third-order valence-corrected chi connectivity index (χ3v) is 3.03. The van der Waals surface area contributed by atoms with Crippen LogP contribution in [0, 0.1) is 0 Å². The van der Waals surface area contributed by atoms with Crippen molar-refractivity contribution in [1.82, 2.24) is 5.09 Å². The molecule has 0 fully saturated rings. The van der Waals surface area contributed by atoms with Crippen LogP contribution >= 0.6 is 19.3 Å². The van der Waals surface area contributed by atoms with Gasteiger partial charge in [0, 0.05) is 31.7 Å². The Morgan fingerprint density at radius 3 is 2.41 bits per heavy atom. The number of hydrogen-bond acceptors (Lipinski definition) is 2. The summed E-state index contributed by atoms with van der Waals surface area (Å²) in [4.78, 5) is 19.3. The molecule has 17 heavy (non-hydrogen) atoms. The van der Waals surface area contributed by atoms with Crippen LogP contribution in [-0.4, -0.2) is 29.3 Å². The number of nitrogens with zero attached hydrogens (tertiary/aromatic N) is 1. The second kappa shape index (κ2) is 6.38. The highest BCUT2D eigenvalue weighted by Gasteiger charge is 2.10. The maximum atomic E-state index is 10.6. The SMILES string of the molecule is CN(CCCl)c1ccc(CNP(=O)(O)O)cc1. The first-order valence-electron chi connectivity index (χ1n) is 5.09. The smallest absolute Gasteiger partial charge is 0.373 e. The van der Waals surface area contributed by atoms with Crippen molar-refractivity contribution >= 4 is 25.0 Å². The molecule has 0 aromatic heterocycles. The molecule has 0 aliphatic rings. The van der Waals surface area contributed by atoms with Gasteiger partial charge in [-0.05, 0) is 17.7 Å². The summed E-state index contributed by atoms with van der Waals surface area (Å²) in [6, 6.07) is 7.43. The normalized spacial score (nSPS) is 11.5. The van der Waals surface area contributed by atoms with Crippen LogP contribution in [0.2, 0.25) is 0 Å². The van der Waals surface area contributed by atoms with Gasteiger partial charge >= 0.3 is 7.75 Å². The second-order valence-electron chi connectivity index (χ2n) is 3.66. The molecule has 0 heterocycles. The molecule has 0 bridgehead atoms. The number of nitrogens with one attached hydrogen (secondary N) is 1. The van der Waals surface area contributed by atoms with Gasteiger partial charge in [0.15, 0.2) is 0 Å². The Morgan fingerprint density at radius 1 is 1.35 bits per heavy atom. The molecule has 0 saturated heterocycles. The third kappa shape index (κ3) is 5.52. The Labute approximate surface area is 106 Å². The molecule has 0 atom stereocenters. The van der Waals surface area contributed by atoms with Crippen molar-refractivity contribution in [2.75, 3.05) is 24.4 Å². The molecule has 0 amide bonds. The minimum Gasteiger partial charge on any atom is -0.373 e. The molecule has 3 N–H and O–H groups in total. The van der Waals surface area contributed by atoms with Crippen molar-refractivity contribution in [3.05, 3.63) is 29.8 Å². The van der Waals surface area contributed by atoms with E-state index in [1.807, 2.05) is 36.2 Å². The molecular weight excluding hydrogens is 263 g/mol. The highest BCUT2D eigenvalue weighted by Crippen LogP contribution is 2.28. The number of hydrogen-bond donors (Lipinski definition) is 3. The number of rotatable bonds is 6. The maximum Gasteiger partial charge on any atom is 0.400 e. The van der Waals surface area contributed by atoms with Crippen molar-refractivity contribution in [2.24, 2.45) is 0 Å². The van der Waals surface area contributed by atoms with Crippen molar-refractivity contribution < 1.29 is 14.4 Å². The Hall–Kier alpha value is -0.580. The van der Waals surface area contributed by atoms with Crippen molar-refractivity contribution in [2.45, 2.75) is 6.54 Å². The third-order valence-electron chi connectivity index (χ3n) is 2.29. The zero-order chi connectivity index (χ0) is 12.9. The number of anilines is 1. The average molecular weight is 279 g/mol. The molecular formula is C10H16ClN2O3P. The van der Waals surface area contributed by atoms with E-state index in [-0.39, 0.29) is 6.54 Å². The van der Waals surface area contributed by atoms with Gasteiger partial charge in [-0.15, -0.1) is 11.6 Å². The van der Waals surface area contributed by atoms with Crippen LogP contribution in [0.15, 0.2) is 24.3 Å². The van der Waals surface area contributed by atoms with E-state index in [1.165, 1.54) is 0 Å². The van der Waals surface area contributed by atoms with Crippen LogP contribution < -0.4 is 9.99 Å². The molecule has 5 nitrogen and oxygen atoms in total. The molecule has 1 aromatic carbocycles. The fraction of sp³-hybridized carbons (Fsp3) is 0.400. The van der Waals surface area contributed by atoms with Gasteiger partial charge in [-0.3, -0.25) is 0 Å². The second-order valence-corrected chi connectivity index (χ2v) is 5.44. The van der Waals surface area contributed by atoms with Crippen LogP contribution in [0.1, 0.15) is 5.56 Å². The minimum atomic E-state index is -4.15. The summed E-state index contributed by atoms with van der Waals surface area (Å²) in [7, 11) is -2.21. The van der Waals surface area contributed by atoms with E-state index in [2.05, 4.69) is 5.09 Å². The van der Waals surface area contributed by atoms with Crippen LogP contribution in [-0.2, 0) is 11.1 Å². The molecule has 1 aromatic rings. The minimum absolute atomic E-state index is 0.143. The maximum absolute atomic E-state index is 10.6. The van der Waals surface area contributed by atoms with Gasteiger partial charge < -0.3 is 14.7 Å². The van der Waals surface area contributed by atoms with E-state index in [1.54, 1.807) is 0 Å². The van der Waals surface area contributed by atoms with E-state index < -0.39 is 7.75 Å². The molecule has 96 valence electrons. The van der Waals surface area contributed by atoms with E-state index >= 15 is 0 Å². The summed E-state index contributed by atoms with van der Waals surface area (Å²) in [5.74, 6) is 0.554. The summed E-state index contributed by atoms with van der Waals surface area (Å²) >= 11 is 5.64. The van der Waals surface area contributed by atoms with E-state index in [0.717, 1.165) is 17.8 Å². The zero-order valence-electron chi connectivity index (χ0n) is 9.51. The molecule has 0 saturated carbocycles. The van der Waals surface area contributed by atoms with Gasteiger partial charge in [0.2, 0.25) is 0 Å². The first-order valence-corrected chi connectivity index (χ1v) is 7.24. The van der Waals surface area contributed by atoms with Crippen LogP contribution in [0.25, 0.3) is 0 Å². The first-order chi connectivity index (χ1) is 7.92. The van der Waals surface area contributed by atoms with Gasteiger partial charge in [0.1, 0.15) is 0 Å². The molecule has 0 unspecified atom stereocenters. The summed E-state index contributed by atoms with van der Waals surface area (Å²) < 4.78 is 10.6. The van der Waals surface area contributed by atoms with Gasteiger partial charge in [-0.1, -0.05) is 12.1 Å². The summed E-state index contributed by atoms with van der Waals surface area (Å²) in [6.45, 7) is 0.894. The Bertz CT molecular complexity index is 393. The number of alkyl halides is 1. The van der Waals surface area contributed by atoms with Crippen molar-refractivity contribution in [1.29, 1.82) is 0 Å². The summed E-state index contributed by atoms with van der Waals surface area (Å²) in [5.41, 5.74) is 1.84. The van der Waals surface area contributed by atoms with E-state index in [9.17, 15) is 4.57 Å². The van der Waals surface area contributed by atoms with Crippen molar-refractivity contribution in [3.63, 3.8) is 0 Å². The highest BCUT2D eigenvalue weighted by atomic mass is 35.5. The van der Waals surface area contributed by atoms with Crippen LogP contribution in [0.5, 0.6) is 0 Å². The quantitative estimate of drug-likeness (QED) is 0.544. The topological polar surface area (TPSA) is 72.8 Å². The lowest BCUT2D eigenvalue weighted by molar-refractivity contribution is 0.357. The Kier molecular flexibility index (Phi) is 5.43. The molecule has 0 aliphatic carbocycles. The monoisotopic (exact) mass is 278 g/mol.